The second-order valence-electron chi connectivity index (χ2n) is 6.76. The first-order chi connectivity index (χ1) is 12.2. The number of nitrogens with zero attached hydrogens (tertiary/aromatic N) is 4. The highest BCUT2D eigenvalue weighted by Crippen LogP contribution is 2.30. The number of fused-ring (bicyclic) bond motifs is 1. The quantitative estimate of drug-likeness (QED) is 0.722. The van der Waals surface area contributed by atoms with E-state index in [0.717, 1.165) is 47.2 Å². The molecule has 0 saturated carbocycles. The minimum Gasteiger partial charge on any atom is -0.347 e. The maximum absolute atomic E-state index is 13.3. The number of carbonyl (C=O) groups is 1. The van der Waals surface area contributed by atoms with E-state index in [1.807, 2.05) is 43.3 Å². The van der Waals surface area contributed by atoms with Gasteiger partial charge >= 0.3 is 0 Å². The third-order valence-corrected chi connectivity index (χ3v) is 5.32. The molecule has 1 aliphatic rings. The molecule has 1 aliphatic heterocycles. The average Bonchev–Trinajstić information content (AvgIpc) is 2.93. The van der Waals surface area contributed by atoms with Gasteiger partial charge in [0.2, 0.25) is 0 Å². The van der Waals surface area contributed by atoms with Gasteiger partial charge in [0.1, 0.15) is 0 Å². The van der Waals surface area contributed by atoms with Crippen LogP contribution in [0.2, 0.25) is 0 Å². The number of likely N-dealkylation sites (tertiary alicyclic amines) is 1. The van der Waals surface area contributed by atoms with E-state index >= 15 is 0 Å². The van der Waals surface area contributed by atoms with Gasteiger partial charge in [-0.05, 0) is 25.8 Å². The fraction of sp³-hybridized carbons (Fsp3) is 0.350. The number of rotatable bonds is 2. The number of benzene rings is 1. The molecular weight excluding hydrogens is 312 g/mol. The summed E-state index contributed by atoms with van der Waals surface area (Å²) in [6, 6.07) is 8.12. The minimum absolute atomic E-state index is 0.128. The molecule has 1 saturated heterocycles. The van der Waals surface area contributed by atoms with Gasteiger partial charge in [-0.3, -0.25) is 14.8 Å². The van der Waals surface area contributed by atoms with Crippen LogP contribution in [0.1, 0.15) is 40.5 Å². The van der Waals surface area contributed by atoms with E-state index in [0.29, 0.717) is 6.54 Å². The maximum atomic E-state index is 13.3. The van der Waals surface area contributed by atoms with Crippen LogP contribution in [-0.4, -0.2) is 38.4 Å². The van der Waals surface area contributed by atoms with Crippen molar-refractivity contribution in [2.24, 2.45) is 7.05 Å². The zero-order chi connectivity index (χ0) is 17.4. The van der Waals surface area contributed by atoms with Crippen molar-refractivity contribution in [3.63, 3.8) is 0 Å². The van der Waals surface area contributed by atoms with Gasteiger partial charge in [-0.1, -0.05) is 18.2 Å². The predicted molar refractivity (Wildman–Crippen MR) is 97.6 cm³/mol. The molecule has 5 heteroatoms. The Hall–Kier alpha value is -2.69. The number of carbonyl (C=O) groups excluding carboxylic acids is 1. The normalized spacial score (nSPS) is 17.8. The fourth-order valence-electron chi connectivity index (χ4n) is 3.87. The maximum Gasteiger partial charge on any atom is 0.256 e. The summed E-state index contributed by atoms with van der Waals surface area (Å²) in [7, 11) is 2.02. The molecule has 1 aromatic carbocycles. The van der Waals surface area contributed by atoms with Gasteiger partial charge in [-0.25, -0.2) is 0 Å². The van der Waals surface area contributed by atoms with Gasteiger partial charge in [0.05, 0.1) is 11.3 Å². The topological polar surface area (TPSA) is 51.0 Å². The molecular formula is C20H22N4O. The molecule has 128 valence electrons. The van der Waals surface area contributed by atoms with Crippen molar-refractivity contribution in [1.82, 2.24) is 19.4 Å². The molecule has 0 bridgehead atoms. The van der Waals surface area contributed by atoms with Gasteiger partial charge in [-0.2, -0.15) is 0 Å². The van der Waals surface area contributed by atoms with E-state index in [4.69, 9.17) is 0 Å². The predicted octanol–water partition coefficient (Wildman–Crippen LogP) is 3.30. The van der Waals surface area contributed by atoms with E-state index in [2.05, 4.69) is 20.6 Å². The van der Waals surface area contributed by atoms with Crippen LogP contribution in [0.4, 0.5) is 0 Å². The number of amides is 1. The molecule has 25 heavy (non-hydrogen) atoms. The molecule has 1 atom stereocenters. The second-order valence-corrected chi connectivity index (χ2v) is 6.76. The zero-order valence-corrected chi connectivity index (χ0v) is 14.6. The lowest BCUT2D eigenvalue weighted by atomic mass is 9.94. The zero-order valence-electron chi connectivity index (χ0n) is 14.6. The summed E-state index contributed by atoms with van der Waals surface area (Å²) in [6.07, 6.45) is 7.29. The first-order valence-electron chi connectivity index (χ1n) is 8.76. The Kier molecular flexibility index (Phi) is 3.99. The third-order valence-electron chi connectivity index (χ3n) is 5.32. The van der Waals surface area contributed by atoms with E-state index in [-0.39, 0.29) is 11.8 Å². The third kappa shape index (κ3) is 2.69. The summed E-state index contributed by atoms with van der Waals surface area (Å²) in [5.41, 5.74) is 3.94. The number of hydrogen-bond acceptors (Lipinski definition) is 3. The van der Waals surface area contributed by atoms with Crippen molar-refractivity contribution in [2.45, 2.75) is 25.7 Å². The van der Waals surface area contributed by atoms with Crippen LogP contribution in [0.25, 0.3) is 10.9 Å². The van der Waals surface area contributed by atoms with Gasteiger partial charge in [0.15, 0.2) is 0 Å². The molecule has 0 unspecified atom stereocenters. The van der Waals surface area contributed by atoms with Crippen LogP contribution >= 0.6 is 0 Å². The minimum atomic E-state index is 0.128. The van der Waals surface area contributed by atoms with Gasteiger partial charge in [-0.15, -0.1) is 0 Å². The Balaban J connectivity index is 1.66. The van der Waals surface area contributed by atoms with Crippen LogP contribution in [0.15, 0.2) is 42.9 Å². The van der Waals surface area contributed by atoms with Crippen LogP contribution in [-0.2, 0) is 7.05 Å². The molecule has 0 aliphatic carbocycles. The Morgan fingerprint density at radius 1 is 1.24 bits per heavy atom. The number of aryl methyl sites for hydroxylation is 1. The van der Waals surface area contributed by atoms with Crippen molar-refractivity contribution >= 4 is 16.8 Å². The van der Waals surface area contributed by atoms with Gasteiger partial charge in [0, 0.05) is 61.2 Å². The monoisotopic (exact) mass is 334 g/mol. The van der Waals surface area contributed by atoms with Crippen LogP contribution in [0, 0.1) is 6.92 Å². The number of piperidine rings is 1. The first-order valence-corrected chi connectivity index (χ1v) is 8.76. The number of hydrogen-bond donors (Lipinski definition) is 0. The Morgan fingerprint density at radius 3 is 2.88 bits per heavy atom. The number of aromatic nitrogens is 3. The Labute approximate surface area is 147 Å². The van der Waals surface area contributed by atoms with E-state index in [9.17, 15) is 4.79 Å². The van der Waals surface area contributed by atoms with Crippen LogP contribution in [0.5, 0.6) is 0 Å². The molecule has 1 fully saturated rings. The Bertz CT molecular complexity index is 916. The highest BCUT2D eigenvalue weighted by atomic mass is 16.2. The summed E-state index contributed by atoms with van der Waals surface area (Å²) < 4.78 is 2.10. The SMILES string of the molecule is Cc1c(C(=O)N2CCC[C@@H](c3cnccn3)C2)c2ccccc2n1C. The summed E-state index contributed by atoms with van der Waals surface area (Å²) in [6.45, 7) is 3.54. The molecule has 2 aromatic heterocycles. The van der Waals surface area contributed by atoms with E-state index in [1.165, 1.54) is 0 Å². The number of para-hydroxylation sites is 1. The molecule has 3 heterocycles. The Morgan fingerprint density at radius 2 is 2.08 bits per heavy atom. The van der Waals surface area contributed by atoms with Crippen LogP contribution in [0.3, 0.4) is 0 Å². The standard InChI is InChI=1S/C20H22N4O/c1-14-19(16-7-3-4-8-18(16)23(14)2)20(25)24-11-5-6-15(13-24)17-12-21-9-10-22-17/h3-4,7-10,12,15H,5-6,11,13H2,1-2H3/t15-/m1/s1. The molecule has 1 amide bonds. The molecule has 0 radical (unpaired) electrons. The van der Waals surface area contributed by atoms with Crippen molar-refractivity contribution in [2.75, 3.05) is 13.1 Å². The van der Waals surface area contributed by atoms with Crippen molar-refractivity contribution < 1.29 is 4.79 Å². The highest BCUT2D eigenvalue weighted by Gasteiger charge is 2.29. The summed E-state index contributed by atoms with van der Waals surface area (Å²) >= 11 is 0. The molecule has 4 rings (SSSR count). The van der Waals surface area contributed by atoms with Crippen molar-refractivity contribution in [3.05, 3.63) is 59.8 Å². The van der Waals surface area contributed by atoms with Gasteiger partial charge < -0.3 is 9.47 Å². The lowest BCUT2D eigenvalue weighted by Gasteiger charge is -2.32. The molecule has 0 N–H and O–H groups in total. The largest absolute Gasteiger partial charge is 0.347 e. The van der Waals surface area contributed by atoms with E-state index < -0.39 is 0 Å². The highest BCUT2D eigenvalue weighted by molar-refractivity contribution is 6.08. The van der Waals surface area contributed by atoms with E-state index in [1.54, 1.807) is 12.4 Å². The lowest BCUT2D eigenvalue weighted by Crippen LogP contribution is -2.39. The second kappa shape index (κ2) is 6.31. The molecule has 0 spiro atoms. The summed E-state index contributed by atoms with van der Waals surface area (Å²) in [5, 5.41) is 1.04. The lowest BCUT2D eigenvalue weighted by molar-refractivity contribution is 0.0707. The molecule has 5 nitrogen and oxygen atoms in total. The molecule has 3 aromatic rings. The smallest absolute Gasteiger partial charge is 0.256 e. The fourth-order valence-corrected chi connectivity index (χ4v) is 3.87. The average molecular weight is 334 g/mol. The summed E-state index contributed by atoms with van der Waals surface area (Å²) in [4.78, 5) is 23.9. The first kappa shape index (κ1) is 15.8. The summed E-state index contributed by atoms with van der Waals surface area (Å²) in [5.74, 6) is 0.393. The van der Waals surface area contributed by atoms with Crippen LogP contribution < -0.4 is 0 Å². The van der Waals surface area contributed by atoms with Gasteiger partial charge in [0.25, 0.3) is 5.91 Å². The van der Waals surface area contributed by atoms with Crippen molar-refractivity contribution in [3.8, 4) is 0 Å². The van der Waals surface area contributed by atoms with Crippen molar-refractivity contribution in [1.29, 1.82) is 0 Å².